The molecule has 2 rings (SSSR count). The van der Waals surface area contributed by atoms with Gasteiger partial charge in [-0.2, -0.15) is 11.8 Å². The van der Waals surface area contributed by atoms with Gasteiger partial charge in [0.05, 0.1) is 8.82 Å². The quantitative estimate of drug-likeness (QED) is 0.534. The number of hydrogen-bond donors (Lipinski definition) is 0. The van der Waals surface area contributed by atoms with Crippen LogP contribution in [-0.2, 0) is 0 Å². The van der Waals surface area contributed by atoms with E-state index in [1.54, 1.807) is 0 Å². The third-order valence-corrected chi connectivity index (χ3v) is 6.85. The average molecular weight is 393 g/mol. The van der Waals surface area contributed by atoms with E-state index in [-0.39, 0.29) is 0 Å². The Morgan fingerprint density at radius 2 is 1.87 bits per heavy atom. The van der Waals surface area contributed by atoms with Gasteiger partial charge in [-0.3, -0.25) is 0 Å². The molecule has 1 aromatic rings. The van der Waals surface area contributed by atoms with E-state index in [0.29, 0.717) is 15.6 Å². The first kappa shape index (κ1) is 12.5. The summed E-state index contributed by atoms with van der Waals surface area (Å²) in [6.45, 7) is 0. The van der Waals surface area contributed by atoms with Crippen LogP contribution in [0.3, 0.4) is 0 Å². The first-order valence-electron chi connectivity index (χ1n) is 4.26. The summed E-state index contributed by atoms with van der Waals surface area (Å²) < 4.78 is 0.730. The van der Waals surface area contributed by atoms with Gasteiger partial charge in [0.25, 0.3) is 0 Å². The SMILES string of the molecule is Clc1nc(C2CSCCS2)nc(Cl)c1I. The Balaban J connectivity index is 2.27. The van der Waals surface area contributed by atoms with Crippen LogP contribution < -0.4 is 0 Å². The molecule has 1 aliphatic rings. The zero-order chi connectivity index (χ0) is 10.8. The number of thioether (sulfide) groups is 2. The lowest BCUT2D eigenvalue weighted by atomic mass is 10.4. The van der Waals surface area contributed by atoms with E-state index in [1.165, 1.54) is 5.75 Å². The summed E-state index contributed by atoms with van der Waals surface area (Å²) in [4.78, 5) is 8.57. The molecule has 1 unspecified atom stereocenters. The Morgan fingerprint density at radius 3 is 2.40 bits per heavy atom. The topological polar surface area (TPSA) is 25.8 Å². The van der Waals surface area contributed by atoms with Gasteiger partial charge in [-0.1, -0.05) is 23.2 Å². The van der Waals surface area contributed by atoms with Crippen molar-refractivity contribution in [1.29, 1.82) is 0 Å². The molecule has 1 atom stereocenters. The number of hydrogen-bond acceptors (Lipinski definition) is 4. The molecule has 0 spiro atoms. The van der Waals surface area contributed by atoms with Crippen molar-refractivity contribution < 1.29 is 0 Å². The van der Waals surface area contributed by atoms with Crippen LogP contribution in [0, 0.1) is 3.57 Å². The summed E-state index contributed by atoms with van der Waals surface area (Å²) in [7, 11) is 0. The highest BCUT2D eigenvalue weighted by Crippen LogP contribution is 2.36. The Hall–Kier alpha value is 1.09. The molecule has 0 amide bonds. The van der Waals surface area contributed by atoms with Crippen LogP contribution in [0.1, 0.15) is 11.1 Å². The molecule has 7 heteroatoms. The van der Waals surface area contributed by atoms with Crippen molar-refractivity contribution >= 4 is 69.3 Å². The van der Waals surface area contributed by atoms with E-state index in [1.807, 2.05) is 23.5 Å². The second-order valence-electron chi connectivity index (χ2n) is 2.91. The van der Waals surface area contributed by atoms with E-state index in [0.717, 1.165) is 20.9 Å². The minimum Gasteiger partial charge on any atom is -0.219 e. The second-order valence-corrected chi connectivity index (χ2v) is 7.17. The highest BCUT2D eigenvalue weighted by Gasteiger charge is 2.21. The maximum atomic E-state index is 5.98. The average Bonchev–Trinajstić information content (AvgIpc) is 2.26. The van der Waals surface area contributed by atoms with Crippen molar-refractivity contribution in [1.82, 2.24) is 9.97 Å². The molecule has 0 bridgehead atoms. The van der Waals surface area contributed by atoms with Crippen molar-refractivity contribution in [3.8, 4) is 0 Å². The Kier molecular flexibility index (Phi) is 4.70. The third kappa shape index (κ3) is 3.06. The third-order valence-electron chi connectivity index (χ3n) is 1.89. The molecule has 15 heavy (non-hydrogen) atoms. The molecule has 1 fully saturated rings. The molecule has 0 aromatic carbocycles. The number of aromatic nitrogens is 2. The van der Waals surface area contributed by atoms with Gasteiger partial charge in [0.15, 0.2) is 0 Å². The van der Waals surface area contributed by atoms with Gasteiger partial charge < -0.3 is 0 Å². The standard InChI is InChI=1S/C8H7Cl2IN2S2/c9-6-5(11)7(10)13-8(12-6)4-3-14-1-2-15-4/h4H,1-3H2. The summed E-state index contributed by atoms with van der Waals surface area (Å²) in [5, 5.41) is 1.25. The summed E-state index contributed by atoms with van der Waals surface area (Å²) >= 11 is 17.8. The fourth-order valence-corrected chi connectivity index (χ4v) is 4.43. The molecular weight excluding hydrogens is 386 g/mol. The molecule has 0 aliphatic carbocycles. The first-order chi connectivity index (χ1) is 7.18. The van der Waals surface area contributed by atoms with E-state index in [4.69, 9.17) is 23.2 Å². The highest BCUT2D eigenvalue weighted by molar-refractivity contribution is 14.1. The minimum atomic E-state index is 0.329. The van der Waals surface area contributed by atoms with Crippen LogP contribution in [-0.4, -0.2) is 27.2 Å². The molecule has 2 nitrogen and oxygen atoms in total. The van der Waals surface area contributed by atoms with Crippen LogP contribution >= 0.6 is 69.3 Å². The Bertz CT molecular complexity index is 349. The van der Waals surface area contributed by atoms with Crippen LogP contribution in [0.15, 0.2) is 0 Å². The van der Waals surface area contributed by atoms with Crippen LogP contribution in [0.2, 0.25) is 10.3 Å². The predicted octanol–water partition coefficient (Wildman–Crippen LogP) is 3.91. The van der Waals surface area contributed by atoms with Crippen LogP contribution in [0.25, 0.3) is 0 Å². The summed E-state index contributed by atoms with van der Waals surface area (Å²) in [6, 6.07) is 0. The molecular formula is C8H7Cl2IN2S2. The molecule has 0 radical (unpaired) electrons. The monoisotopic (exact) mass is 392 g/mol. The smallest absolute Gasteiger partial charge is 0.147 e. The fourth-order valence-electron chi connectivity index (χ4n) is 1.19. The van der Waals surface area contributed by atoms with Crippen LogP contribution in [0.5, 0.6) is 0 Å². The van der Waals surface area contributed by atoms with Gasteiger partial charge >= 0.3 is 0 Å². The predicted molar refractivity (Wildman–Crippen MR) is 77.3 cm³/mol. The zero-order valence-corrected chi connectivity index (χ0v) is 12.8. The molecule has 82 valence electrons. The first-order valence-corrected chi connectivity index (χ1v) is 8.30. The minimum absolute atomic E-state index is 0.329. The lowest BCUT2D eigenvalue weighted by molar-refractivity contribution is 0.919. The maximum absolute atomic E-state index is 5.98. The van der Waals surface area contributed by atoms with E-state index >= 15 is 0 Å². The second kappa shape index (κ2) is 5.62. The number of rotatable bonds is 1. The van der Waals surface area contributed by atoms with Gasteiger partial charge in [0.2, 0.25) is 0 Å². The van der Waals surface area contributed by atoms with Gasteiger partial charge in [-0.25, -0.2) is 9.97 Å². The van der Waals surface area contributed by atoms with Crippen molar-refractivity contribution in [2.75, 3.05) is 17.3 Å². The number of nitrogens with zero attached hydrogens (tertiary/aromatic N) is 2. The molecule has 2 heterocycles. The fraction of sp³-hybridized carbons (Fsp3) is 0.500. The molecule has 0 saturated carbocycles. The molecule has 1 aromatic heterocycles. The maximum Gasteiger partial charge on any atom is 0.147 e. The Morgan fingerprint density at radius 1 is 1.20 bits per heavy atom. The summed E-state index contributed by atoms with van der Waals surface area (Å²) in [5.41, 5.74) is 0. The molecule has 1 saturated heterocycles. The van der Waals surface area contributed by atoms with Gasteiger partial charge in [0.1, 0.15) is 16.1 Å². The van der Waals surface area contributed by atoms with E-state index in [2.05, 4.69) is 32.6 Å². The van der Waals surface area contributed by atoms with Crippen LogP contribution in [0.4, 0.5) is 0 Å². The van der Waals surface area contributed by atoms with Crippen molar-refractivity contribution in [2.24, 2.45) is 0 Å². The lowest BCUT2D eigenvalue weighted by Crippen LogP contribution is -2.11. The van der Waals surface area contributed by atoms with Crippen molar-refractivity contribution in [2.45, 2.75) is 5.25 Å². The number of halogens is 3. The zero-order valence-electron chi connectivity index (χ0n) is 7.54. The van der Waals surface area contributed by atoms with Gasteiger partial charge in [-0.05, 0) is 22.6 Å². The molecule has 1 aliphatic heterocycles. The van der Waals surface area contributed by atoms with Gasteiger partial charge in [-0.15, -0.1) is 11.8 Å². The normalized spacial score (nSPS) is 21.7. The van der Waals surface area contributed by atoms with E-state index < -0.39 is 0 Å². The van der Waals surface area contributed by atoms with Crippen molar-refractivity contribution in [3.05, 3.63) is 19.7 Å². The van der Waals surface area contributed by atoms with Crippen molar-refractivity contribution in [3.63, 3.8) is 0 Å². The Labute approximate surface area is 120 Å². The molecule has 0 N–H and O–H groups in total. The highest BCUT2D eigenvalue weighted by atomic mass is 127. The van der Waals surface area contributed by atoms with E-state index in [9.17, 15) is 0 Å². The van der Waals surface area contributed by atoms with Gasteiger partial charge in [0, 0.05) is 17.3 Å². The summed E-state index contributed by atoms with van der Waals surface area (Å²) in [5.74, 6) is 4.15. The summed E-state index contributed by atoms with van der Waals surface area (Å²) in [6.07, 6.45) is 0. The largest absolute Gasteiger partial charge is 0.219 e. The lowest BCUT2D eigenvalue weighted by Gasteiger charge is -2.19.